The smallest absolute Gasteiger partial charge is 0.146 e. The lowest BCUT2D eigenvalue weighted by atomic mass is 9.96. The van der Waals surface area contributed by atoms with Gasteiger partial charge in [-0.3, -0.25) is 4.98 Å². The van der Waals surface area contributed by atoms with Gasteiger partial charge in [-0.2, -0.15) is 0 Å². The number of pyridine rings is 1. The Morgan fingerprint density at radius 3 is 2.89 bits per heavy atom. The molecule has 2 aromatic heterocycles. The standard InChI is InChI=1S/C13H16FN3O/c1-3-5-17-6-4-16-12(17)13(2,18)10-7-11(14)9-15-8-10/h4,6-9,18H,3,5H2,1-2H3. The number of halogens is 1. The maximum Gasteiger partial charge on any atom is 0.146 e. The topological polar surface area (TPSA) is 50.9 Å². The van der Waals surface area contributed by atoms with Crippen molar-refractivity contribution in [2.24, 2.45) is 0 Å². The van der Waals surface area contributed by atoms with Crippen LogP contribution in [0.3, 0.4) is 0 Å². The largest absolute Gasteiger partial charge is 0.377 e. The number of imidazole rings is 1. The minimum absolute atomic E-state index is 0.394. The molecule has 0 bridgehead atoms. The molecule has 2 heterocycles. The second kappa shape index (κ2) is 4.86. The van der Waals surface area contributed by atoms with Crippen LogP contribution >= 0.6 is 0 Å². The van der Waals surface area contributed by atoms with Crippen LogP contribution in [0.2, 0.25) is 0 Å². The molecule has 96 valence electrons. The first-order chi connectivity index (χ1) is 8.55. The van der Waals surface area contributed by atoms with Gasteiger partial charge in [0.2, 0.25) is 0 Å². The SMILES string of the molecule is CCCn1ccnc1C(C)(O)c1cncc(F)c1. The van der Waals surface area contributed by atoms with E-state index < -0.39 is 11.4 Å². The van der Waals surface area contributed by atoms with E-state index in [1.165, 1.54) is 12.3 Å². The summed E-state index contributed by atoms with van der Waals surface area (Å²) in [5.41, 5.74) is -0.959. The summed E-state index contributed by atoms with van der Waals surface area (Å²) < 4.78 is 15.1. The van der Waals surface area contributed by atoms with Gasteiger partial charge in [-0.1, -0.05) is 6.92 Å². The summed E-state index contributed by atoms with van der Waals surface area (Å²) in [6.45, 7) is 4.40. The number of nitrogens with zero attached hydrogens (tertiary/aromatic N) is 3. The molecular formula is C13H16FN3O. The molecule has 0 spiro atoms. The van der Waals surface area contributed by atoms with Crippen LogP contribution < -0.4 is 0 Å². The predicted octanol–water partition coefficient (Wildman–Crippen LogP) is 2.08. The zero-order valence-electron chi connectivity index (χ0n) is 10.5. The van der Waals surface area contributed by atoms with Crippen molar-refractivity contribution >= 4 is 0 Å². The molecule has 0 aromatic carbocycles. The van der Waals surface area contributed by atoms with Gasteiger partial charge in [0.05, 0.1) is 6.20 Å². The van der Waals surface area contributed by atoms with Crippen molar-refractivity contribution in [3.63, 3.8) is 0 Å². The Hall–Kier alpha value is -1.75. The van der Waals surface area contributed by atoms with Gasteiger partial charge >= 0.3 is 0 Å². The van der Waals surface area contributed by atoms with Gasteiger partial charge in [0.25, 0.3) is 0 Å². The zero-order chi connectivity index (χ0) is 13.2. The first kappa shape index (κ1) is 12.7. The Kier molecular flexibility index (Phi) is 3.43. The summed E-state index contributed by atoms with van der Waals surface area (Å²) in [5.74, 6) is 0.0260. The summed E-state index contributed by atoms with van der Waals surface area (Å²) in [6.07, 6.45) is 6.93. The number of aryl methyl sites for hydroxylation is 1. The Balaban J connectivity index is 2.44. The third kappa shape index (κ3) is 2.26. The molecule has 0 saturated heterocycles. The summed E-state index contributed by atoms with van der Waals surface area (Å²) in [4.78, 5) is 7.94. The van der Waals surface area contributed by atoms with Gasteiger partial charge in [0.1, 0.15) is 17.2 Å². The average molecular weight is 249 g/mol. The monoisotopic (exact) mass is 249 g/mol. The lowest BCUT2D eigenvalue weighted by Crippen LogP contribution is -2.28. The molecule has 4 nitrogen and oxygen atoms in total. The van der Waals surface area contributed by atoms with Crippen LogP contribution in [0.1, 0.15) is 31.7 Å². The molecule has 5 heteroatoms. The van der Waals surface area contributed by atoms with Gasteiger partial charge in [-0.05, 0) is 19.4 Å². The normalized spacial score (nSPS) is 14.4. The zero-order valence-corrected chi connectivity index (χ0v) is 10.5. The number of rotatable bonds is 4. The minimum Gasteiger partial charge on any atom is -0.377 e. The fourth-order valence-electron chi connectivity index (χ4n) is 1.96. The van der Waals surface area contributed by atoms with Crippen LogP contribution in [0.5, 0.6) is 0 Å². The van der Waals surface area contributed by atoms with Crippen molar-refractivity contribution in [1.82, 2.24) is 14.5 Å². The third-order valence-electron chi connectivity index (χ3n) is 2.88. The average Bonchev–Trinajstić information content (AvgIpc) is 2.78. The van der Waals surface area contributed by atoms with Crippen LogP contribution in [0.4, 0.5) is 4.39 Å². The van der Waals surface area contributed by atoms with E-state index in [0.717, 1.165) is 19.2 Å². The highest BCUT2D eigenvalue weighted by Crippen LogP contribution is 2.27. The summed E-state index contributed by atoms with van der Waals surface area (Å²) in [5, 5.41) is 10.6. The molecule has 1 N–H and O–H groups in total. The van der Waals surface area contributed by atoms with Crippen LogP contribution in [0, 0.1) is 5.82 Å². The Bertz CT molecular complexity index is 537. The minimum atomic E-state index is -1.35. The highest BCUT2D eigenvalue weighted by molar-refractivity contribution is 5.26. The van der Waals surface area contributed by atoms with Crippen molar-refractivity contribution in [3.05, 3.63) is 48.1 Å². The Morgan fingerprint density at radius 1 is 1.44 bits per heavy atom. The van der Waals surface area contributed by atoms with Crippen LogP contribution in [-0.4, -0.2) is 19.6 Å². The maximum atomic E-state index is 13.2. The summed E-state index contributed by atoms with van der Waals surface area (Å²) in [6, 6.07) is 1.28. The van der Waals surface area contributed by atoms with Crippen molar-refractivity contribution in [3.8, 4) is 0 Å². The second-order valence-electron chi connectivity index (χ2n) is 4.41. The molecular weight excluding hydrogens is 233 g/mol. The van der Waals surface area contributed by atoms with E-state index in [1.807, 2.05) is 11.5 Å². The molecule has 0 aliphatic heterocycles. The molecule has 0 amide bonds. The quantitative estimate of drug-likeness (QED) is 0.902. The number of hydrogen-bond donors (Lipinski definition) is 1. The van der Waals surface area contributed by atoms with Crippen molar-refractivity contribution < 1.29 is 9.50 Å². The van der Waals surface area contributed by atoms with Crippen molar-refractivity contribution in [2.75, 3.05) is 0 Å². The molecule has 1 atom stereocenters. The van der Waals surface area contributed by atoms with Crippen molar-refractivity contribution in [2.45, 2.75) is 32.4 Å². The summed E-state index contributed by atoms with van der Waals surface area (Å²) in [7, 11) is 0. The fraction of sp³-hybridized carbons (Fsp3) is 0.385. The maximum absolute atomic E-state index is 13.2. The van der Waals surface area contributed by atoms with Gasteiger partial charge in [-0.25, -0.2) is 9.37 Å². The van der Waals surface area contributed by atoms with E-state index >= 15 is 0 Å². The fourth-order valence-corrected chi connectivity index (χ4v) is 1.96. The molecule has 0 aliphatic rings. The molecule has 0 radical (unpaired) electrons. The van der Waals surface area contributed by atoms with Crippen LogP contribution in [0.15, 0.2) is 30.9 Å². The van der Waals surface area contributed by atoms with Crippen LogP contribution in [0.25, 0.3) is 0 Å². The van der Waals surface area contributed by atoms with E-state index in [9.17, 15) is 9.50 Å². The molecule has 0 aliphatic carbocycles. The molecule has 1 unspecified atom stereocenters. The van der Waals surface area contributed by atoms with E-state index in [0.29, 0.717) is 11.4 Å². The van der Waals surface area contributed by atoms with Gasteiger partial charge < -0.3 is 9.67 Å². The lowest BCUT2D eigenvalue weighted by Gasteiger charge is -2.24. The lowest BCUT2D eigenvalue weighted by molar-refractivity contribution is 0.0871. The molecule has 0 saturated carbocycles. The first-order valence-electron chi connectivity index (χ1n) is 5.90. The van der Waals surface area contributed by atoms with Gasteiger partial charge in [0, 0.05) is 30.7 Å². The molecule has 0 fully saturated rings. The van der Waals surface area contributed by atoms with E-state index in [2.05, 4.69) is 9.97 Å². The molecule has 2 aromatic rings. The highest BCUT2D eigenvalue weighted by atomic mass is 19.1. The second-order valence-corrected chi connectivity index (χ2v) is 4.41. The van der Waals surface area contributed by atoms with E-state index in [-0.39, 0.29) is 0 Å². The van der Waals surface area contributed by atoms with Crippen LogP contribution in [-0.2, 0) is 12.1 Å². The van der Waals surface area contributed by atoms with Gasteiger partial charge in [-0.15, -0.1) is 0 Å². The highest BCUT2D eigenvalue weighted by Gasteiger charge is 2.31. The first-order valence-corrected chi connectivity index (χ1v) is 5.90. The Morgan fingerprint density at radius 2 is 2.22 bits per heavy atom. The number of aromatic nitrogens is 3. The number of hydrogen-bond acceptors (Lipinski definition) is 3. The van der Waals surface area contributed by atoms with Gasteiger partial charge in [0.15, 0.2) is 0 Å². The van der Waals surface area contributed by atoms with E-state index in [1.54, 1.807) is 19.3 Å². The number of aliphatic hydroxyl groups is 1. The van der Waals surface area contributed by atoms with E-state index in [4.69, 9.17) is 0 Å². The molecule has 18 heavy (non-hydrogen) atoms. The van der Waals surface area contributed by atoms with Crippen molar-refractivity contribution in [1.29, 1.82) is 0 Å². The summed E-state index contributed by atoms with van der Waals surface area (Å²) >= 11 is 0. The third-order valence-corrected chi connectivity index (χ3v) is 2.88. The Labute approximate surface area is 105 Å². The predicted molar refractivity (Wildman–Crippen MR) is 65.4 cm³/mol. The molecule has 2 rings (SSSR count).